The van der Waals surface area contributed by atoms with Crippen molar-refractivity contribution in [3.8, 4) is 0 Å². The summed E-state index contributed by atoms with van der Waals surface area (Å²) in [5, 5.41) is 3.25. The highest BCUT2D eigenvalue weighted by atomic mass is 16.5. The van der Waals surface area contributed by atoms with Gasteiger partial charge in [-0.05, 0) is 38.8 Å². The lowest BCUT2D eigenvalue weighted by Crippen LogP contribution is -2.37. The molecule has 3 nitrogen and oxygen atoms in total. The lowest BCUT2D eigenvalue weighted by atomic mass is 10.0. The van der Waals surface area contributed by atoms with Crippen molar-refractivity contribution in [2.24, 2.45) is 0 Å². The Morgan fingerprint density at radius 2 is 2.00 bits per heavy atom. The largest absolute Gasteiger partial charge is 0.465 e. The van der Waals surface area contributed by atoms with Gasteiger partial charge in [0.1, 0.15) is 6.04 Å². The predicted octanol–water partition coefficient (Wildman–Crippen LogP) is 2.60. The molecule has 0 bridgehead atoms. The molecule has 0 aromatic heterocycles. The molecule has 0 aliphatic carbocycles. The standard InChI is InChI=1S/C14H21NO2/c1-5-17-14(16)12(4)15-11(3)13-9-7-6-8-10(13)2/h6-9,11-12,15H,5H2,1-4H3/t11-,12?/m0/s1. The first-order valence-electron chi connectivity index (χ1n) is 6.04. The van der Waals surface area contributed by atoms with E-state index in [1.807, 2.05) is 26.0 Å². The van der Waals surface area contributed by atoms with Gasteiger partial charge in [0.25, 0.3) is 0 Å². The van der Waals surface area contributed by atoms with Crippen LogP contribution in [0, 0.1) is 6.92 Å². The summed E-state index contributed by atoms with van der Waals surface area (Å²) in [6.45, 7) is 8.19. The summed E-state index contributed by atoms with van der Waals surface area (Å²) >= 11 is 0. The number of ether oxygens (including phenoxy) is 1. The van der Waals surface area contributed by atoms with Crippen molar-refractivity contribution in [3.05, 3.63) is 35.4 Å². The Bertz CT molecular complexity index is 376. The molecule has 0 aliphatic heterocycles. The van der Waals surface area contributed by atoms with E-state index in [2.05, 4.69) is 31.3 Å². The topological polar surface area (TPSA) is 38.3 Å². The highest BCUT2D eigenvalue weighted by molar-refractivity contribution is 5.75. The lowest BCUT2D eigenvalue weighted by Gasteiger charge is -2.20. The number of esters is 1. The van der Waals surface area contributed by atoms with Crippen LogP contribution in [0.1, 0.15) is 37.9 Å². The summed E-state index contributed by atoms with van der Waals surface area (Å²) in [6.07, 6.45) is 0. The van der Waals surface area contributed by atoms with Gasteiger partial charge >= 0.3 is 5.97 Å². The fourth-order valence-electron chi connectivity index (χ4n) is 1.87. The molecule has 1 unspecified atom stereocenters. The Balaban J connectivity index is 2.63. The van der Waals surface area contributed by atoms with Crippen molar-refractivity contribution in [2.75, 3.05) is 6.61 Å². The first-order valence-corrected chi connectivity index (χ1v) is 6.04. The van der Waals surface area contributed by atoms with Crippen LogP contribution in [0.2, 0.25) is 0 Å². The molecule has 0 saturated heterocycles. The summed E-state index contributed by atoms with van der Waals surface area (Å²) < 4.78 is 4.97. The van der Waals surface area contributed by atoms with E-state index >= 15 is 0 Å². The van der Waals surface area contributed by atoms with Crippen molar-refractivity contribution in [3.63, 3.8) is 0 Å². The van der Waals surface area contributed by atoms with Gasteiger partial charge < -0.3 is 4.74 Å². The second kappa shape index (κ2) is 6.40. The quantitative estimate of drug-likeness (QED) is 0.797. The van der Waals surface area contributed by atoms with Crippen LogP contribution in [0.3, 0.4) is 0 Å². The zero-order valence-electron chi connectivity index (χ0n) is 11.0. The number of rotatable bonds is 5. The van der Waals surface area contributed by atoms with Crippen LogP contribution in [-0.2, 0) is 9.53 Å². The van der Waals surface area contributed by atoms with Crippen molar-refractivity contribution < 1.29 is 9.53 Å². The SMILES string of the molecule is CCOC(=O)C(C)N[C@@H](C)c1ccccc1C. The maximum Gasteiger partial charge on any atom is 0.322 e. The normalized spacial score (nSPS) is 14.1. The molecular weight excluding hydrogens is 214 g/mol. The number of hydrogen-bond acceptors (Lipinski definition) is 3. The summed E-state index contributed by atoms with van der Waals surface area (Å²) in [6, 6.07) is 8.02. The predicted molar refractivity (Wildman–Crippen MR) is 68.8 cm³/mol. The molecule has 0 heterocycles. The molecule has 2 atom stereocenters. The van der Waals surface area contributed by atoms with E-state index in [1.54, 1.807) is 0 Å². The van der Waals surface area contributed by atoms with Crippen molar-refractivity contribution >= 4 is 5.97 Å². The van der Waals surface area contributed by atoms with Gasteiger partial charge in [0.15, 0.2) is 0 Å². The van der Waals surface area contributed by atoms with Gasteiger partial charge in [-0.15, -0.1) is 0 Å². The molecule has 0 radical (unpaired) electrons. The molecule has 0 saturated carbocycles. The first-order chi connectivity index (χ1) is 8.06. The third-order valence-electron chi connectivity index (χ3n) is 2.80. The van der Waals surface area contributed by atoms with E-state index in [1.165, 1.54) is 11.1 Å². The molecule has 1 N–H and O–H groups in total. The van der Waals surface area contributed by atoms with Crippen molar-refractivity contribution in [1.29, 1.82) is 0 Å². The average molecular weight is 235 g/mol. The van der Waals surface area contributed by atoms with Gasteiger partial charge in [0.05, 0.1) is 6.61 Å². The van der Waals surface area contributed by atoms with Gasteiger partial charge in [-0.3, -0.25) is 10.1 Å². The van der Waals surface area contributed by atoms with Crippen LogP contribution in [0.15, 0.2) is 24.3 Å². The second-order valence-electron chi connectivity index (χ2n) is 4.22. The summed E-state index contributed by atoms with van der Waals surface area (Å²) in [7, 11) is 0. The zero-order chi connectivity index (χ0) is 12.8. The van der Waals surface area contributed by atoms with Crippen molar-refractivity contribution in [2.45, 2.75) is 39.8 Å². The molecule has 0 aliphatic rings. The average Bonchev–Trinajstić information content (AvgIpc) is 2.29. The number of hydrogen-bond donors (Lipinski definition) is 1. The summed E-state index contributed by atoms with van der Waals surface area (Å²) in [5.41, 5.74) is 2.44. The number of aryl methyl sites for hydroxylation is 1. The van der Waals surface area contributed by atoms with E-state index in [-0.39, 0.29) is 18.1 Å². The molecule has 0 fully saturated rings. The molecule has 3 heteroatoms. The van der Waals surface area contributed by atoms with E-state index < -0.39 is 0 Å². The zero-order valence-corrected chi connectivity index (χ0v) is 11.0. The third-order valence-corrected chi connectivity index (χ3v) is 2.80. The minimum absolute atomic E-state index is 0.135. The molecular formula is C14H21NO2. The maximum atomic E-state index is 11.5. The minimum Gasteiger partial charge on any atom is -0.465 e. The Morgan fingerprint density at radius 1 is 1.35 bits per heavy atom. The number of benzene rings is 1. The maximum absolute atomic E-state index is 11.5. The van der Waals surface area contributed by atoms with Crippen LogP contribution in [0.4, 0.5) is 0 Å². The van der Waals surface area contributed by atoms with Crippen LogP contribution in [-0.4, -0.2) is 18.6 Å². The van der Waals surface area contributed by atoms with Gasteiger partial charge in [-0.1, -0.05) is 24.3 Å². The van der Waals surface area contributed by atoms with E-state index in [4.69, 9.17) is 4.74 Å². The molecule has 1 aromatic rings. The summed E-state index contributed by atoms with van der Waals surface area (Å²) in [4.78, 5) is 11.5. The number of nitrogens with one attached hydrogen (secondary N) is 1. The number of carbonyl (C=O) groups excluding carboxylic acids is 1. The first kappa shape index (κ1) is 13.7. The molecule has 1 rings (SSSR count). The van der Waals surface area contributed by atoms with E-state index in [0.717, 1.165) is 0 Å². The van der Waals surface area contributed by atoms with Gasteiger partial charge in [0.2, 0.25) is 0 Å². The Morgan fingerprint density at radius 3 is 2.59 bits per heavy atom. The van der Waals surface area contributed by atoms with Crippen molar-refractivity contribution in [1.82, 2.24) is 5.32 Å². The Labute approximate surface area is 103 Å². The van der Waals surface area contributed by atoms with E-state index in [9.17, 15) is 4.79 Å². The van der Waals surface area contributed by atoms with E-state index in [0.29, 0.717) is 6.61 Å². The third kappa shape index (κ3) is 3.86. The van der Waals surface area contributed by atoms with Crippen LogP contribution < -0.4 is 5.32 Å². The summed E-state index contributed by atoms with van der Waals surface area (Å²) in [5.74, 6) is -0.201. The van der Waals surface area contributed by atoms with Gasteiger partial charge in [-0.25, -0.2) is 0 Å². The lowest BCUT2D eigenvalue weighted by molar-refractivity contribution is -0.145. The Hall–Kier alpha value is -1.35. The van der Waals surface area contributed by atoms with Gasteiger partial charge in [0, 0.05) is 6.04 Å². The second-order valence-corrected chi connectivity index (χ2v) is 4.22. The number of carbonyl (C=O) groups is 1. The molecule has 94 valence electrons. The van der Waals surface area contributed by atoms with Crippen LogP contribution in [0.5, 0.6) is 0 Å². The fraction of sp³-hybridized carbons (Fsp3) is 0.500. The molecule has 0 amide bonds. The highest BCUT2D eigenvalue weighted by Gasteiger charge is 2.17. The monoisotopic (exact) mass is 235 g/mol. The smallest absolute Gasteiger partial charge is 0.322 e. The molecule has 1 aromatic carbocycles. The van der Waals surface area contributed by atoms with Gasteiger partial charge in [-0.2, -0.15) is 0 Å². The van der Waals surface area contributed by atoms with Crippen LogP contribution >= 0.6 is 0 Å². The van der Waals surface area contributed by atoms with Crippen LogP contribution in [0.25, 0.3) is 0 Å². The molecule has 0 spiro atoms. The fourth-order valence-corrected chi connectivity index (χ4v) is 1.87. The highest BCUT2D eigenvalue weighted by Crippen LogP contribution is 2.17. The minimum atomic E-state index is -0.287. The Kier molecular flexibility index (Phi) is 5.16. The molecule has 17 heavy (non-hydrogen) atoms.